The zero-order valence-corrected chi connectivity index (χ0v) is 11.1. The second kappa shape index (κ2) is 6.52. The van der Waals surface area contributed by atoms with Gasteiger partial charge in [0.15, 0.2) is 0 Å². The third kappa shape index (κ3) is 3.21. The highest BCUT2D eigenvalue weighted by molar-refractivity contribution is 4.62. The molecule has 1 aliphatic rings. The summed E-state index contributed by atoms with van der Waals surface area (Å²) in [5.41, 5.74) is 0. The zero-order chi connectivity index (χ0) is 11.1. The van der Waals surface area contributed by atoms with E-state index in [-0.39, 0.29) is 0 Å². The van der Waals surface area contributed by atoms with Crippen LogP contribution in [0.5, 0.6) is 0 Å². The van der Waals surface area contributed by atoms with Crippen molar-refractivity contribution in [1.82, 2.24) is 0 Å². The first-order valence-electron chi connectivity index (χ1n) is 7.14. The molecule has 1 rings (SSSR count). The molecule has 0 amide bonds. The van der Waals surface area contributed by atoms with Gasteiger partial charge in [0, 0.05) is 0 Å². The van der Waals surface area contributed by atoms with Crippen LogP contribution in [-0.2, 0) is 0 Å². The van der Waals surface area contributed by atoms with Gasteiger partial charge in [-0.2, -0.15) is 0 Å². The molecule has 0 spiro atoms. The van der Waals surface area contributed by atoms with Gasteiger partial charge in [0.1, 0.15) is 0 Å². The SMILES string of the molecule is CCCC[N+]1(C(CC)CC)CCCCC1. The van der Waals surface area contributed by atoms with E-state index < -0.39 is 0 Å². The Bertz CT molecular complexity index is 155. The van der Waals surface area contributed by atoms with E-state index in [9.17, 15) is 0 Å². The lowest BCUT2D eigenvalue weighted by molar-refractivity contribution is -0.955. The summed E-state index contributed by atoms with van der Waals surface area (Å²) in [6.07, 6.45) is 9.96. The van der Waals surface area contributed by atoms with E-state index in [0.29, 0.717) is 0 Å². The van der Waals surface area contributed by atoms with E-state index in [1.165, 1.54) is 69.1 Å². The third-order valence-corrected chi connectivity index (χ3v) is 4.38. The van der Waals surface area contributed by atoms with Gasteiger partial charge >= 0.3 is 0 Å². The molecule has 90 valence electrons. The van der Waals surface area contributed by atoms with Crippen LogP contribution in [0.15, 0.2) is 0 Å². The van der Waals surface area contributed by atoms with E-state index in [2.05, 4.69) is 20.8 Å². The summed E-state index contributed by atoms with van der Waals surface area (Å²) in [5, 5.41) is 0. The summed E-state index contributed by atoms with van der Waals surface area (Å²) in [6, 6.07) is 0.942. The van der Waals surface area contributed by atoms with Crippen LogP contribution in [0, 0.1) is 0 Å². The average Bonchev–Trinajstić information content (AvgIpc) is 2.29. The molecule has 0 aromatic heterocycles. The van der Waals surface area contributed by atoms with Crippen molar-refractivity contribution in [2.75, 3.05) is 19.6 Å². The molecule has 0 aromatic rings. The minimum Gasteiger partial charge on any atom is -0.321 e. The molecule has 1 aliphatic heterocycles. The smallest absolute Gasteiger partial charge is 0.0884 e. The first-order chi connectivity index (χ1) is 7.29. The topological polar surface area (TPSA) is 0 Å². The lowest BCUT2D eigenvalue weighted by Gasteiger charge is -2.47. The largest absolute Gasteiger partial charge is 0.321 e. The lowest BCUT2D eigenvalue weighted by atomic mass is 9.98. The van der Waals surface area contributed by atoms with Crippen molar-refractivity contribution < 1.29 is 4.48 Å². The Balaban J connectivity index is 2.64. The van der Waals surface area contributed by atoms with E-state index in [0.717, 1.165) is 6.04 Å². The van der Waals surface area contributed by atoms with Crippen LogP contribution in [0.1, 0.15) is 65.7 Å². The maximum Gasteiger partial charge on any atom is 0.0884 e. The van der Waals surface area contributed by atoms with Crippen molar-refractivity contribution in [3.8, 4) is 0 Å². The third-order valence-electron chi connectivity index (χ3n) is 4.38. The molecule has 0 atom stereocenters. The fourth-order valence-electron chi connectivity index (χ4n) is 3.45. The number of rotatable bonds is 6. The van der Waals surface area contributed by atoms with Gasteiger partial charge in [-0.15, -0.1) is 0 Å². The van der Waals surface area contributed by atoms with Crippen molar-refractivity contribution in [3.05, 3.63) is 0 Å². The summed E-state index contributed by atoms with van der Waals surface area (Å²) in [4.78, 5) is 0. The van der Waals surface area contributed by atoms with Gasteiger partial charge < -0.3 is 4.48 Å². The molecule has 1 saturated heterocycles. The van der Waals surface area contributed by atoms with E-state index in [4.69, 9.17) is 0 Å². The molecule has 15 heavy (non-hydrogen) atoms. The highest BCUT2D eigenvalue weighted by Gasteiger charge is 2.35. The quantitative estimate of drug-likeness (QED) is 0.584. The molecule has 0 N–H and O–H groups in total. The first-order valence-corrected chi connectivity index (χ1v) is 7.14. The van der Waals surface area contributed by atoms with Crippen molar-refractivity contribution in [2.45, 2.75) is 71.8 Å². The highest BCUT2D eigenvalue weighted by atomic mass is 15.4. The van der Waals surface area contributed by atoms with Crippen LogP contribution in [0.4, 0.5) is 0 Å². The minimum atomic E-state index is 0.942. The highest BCUT2D eigenvalue weighted by Crippen LogP contribution is 2.27. The Morgan fingerprint density at radius 3 is 2.00 bits per heavy atom. The number of nitrogens with zero attached hydrogens (tertiary/aromatic N) is 1. The molecule has 1 heterocycles. The number of hydrogen-bond acceptors (Lipinski definition) is 0. The van der Waals surface area contributed by atoms with Gasteiger partial charge in [0.2, 0.25) is 0 Å². The molecule has 1 fully saturated rings. The maximum atomic E-state index is 2.38. The molecule has 0 saturated carbocycles. The van der Waals surface area contributed by atoms with Gasteiger partial charge in [-0.25, -0.2) is 0 Å². The Kier molecular flexibility index (Phi) is 5.66. The van der Waals surface area contributed by atoms with Gasteiger partial charge in [-0.3, -0.25) is 0 Å². The second-order valence-electron chi connectivity index (χ2n) is 5.27. The van der Waals surface area contributed by atoms with Crippen LogP contribution in [-0.4, -0.2) is 30.2 Å². The van der Waals surface area contributed by atoms with Gasteiger partial charge in [-0.05, 0) is 38.5 Å². The average molecular weight is 212 g/mol. The molecule has 0 radical (unpaired) electrons. The van der Waals surface area contributed by atoms with Crippen molar-refractivity contribution in [3.63, 3.8) is 0 Å². The lowest BCUT2D eigenvalue weighted by Crippen LogP contribution is -2.58. The van der Waals surface area contributed by atoms with Crippen LogP contribution in [0.25, 0.3) is 0 Å². The van der Waals surface area contributed by atoms with Crippen LogP contribution < -0.4 is 0 Å². The molecule has 1 nitrogen and oxygen atoms in total. The van der Waals surface area contributed by atoms with Gasteiger partial charge in [-0.1, -0.05) is 27.2 Å². The van der Waals surface area contributed by atoms with Crippen LogP contribution >= 0.6 is 0 Å². The Labute approximate surface area is 96.4 Å². The molecule has 0 aliphatic carbocycles. The van der Waals surface area contributed by atoms with Crippen LogP contribution in [0.2, 0.25) is 0 Å². The monoisotopic (exact) mass is 212 g/mol. The normalized spacial score (nSPS) is 20.8. The predicted molar refractivity (Wildman–Crippen MR) is 68.0 cm³/mol. The van der Waals surface area contributed by atoms with Crippen LogP contribution in [0.3, 0.4) is 0 Å². The Morgan fingerprint density at radius 2 is 1.53 bits per heavy atom. The van der Waals surface area contributed by atoms with E-state index in [1.807, 2.05) is 0 Å². The number of piperidine rings is 1. The molecule has 0 unspecified atom stereocenters. The Morgan fingerprint density at radius 1 is 0.933 bits per heavy atom. The Hall–Kier alpha value is -0.0400. The maximum absolute atomic E-state index is 2.38. The van der Waals surface area contributed by atoms with Gasteiger partial charge in [0.25, 0.3) is 0 Å². The number of hydrogen-bond donors (Lipinski definition) is 0. The zero-order valence-electron chi connectivity index (χ0n) is 11.1. The number of unbranched alkanes of at least 4 members (excludes halogenated alkanes) is 1. The van der Waals surface area contributed by atoms with Crippen molar-refractivity contribution >= 4 is 0 Å². The fourth-order valence-corrected chi connectivity index (χ4v) is 3.45. The van der Waals surface area contributed by atoms with E-state index >= 15 is 0 Å². The summed E-state index contributed by atoms with van der Waals surface area (Å²) < 4.78 is 1.46. The molecule has 1 heteroatoms. The van der Waals surface area contributed by atoms with E-state index in [1.54, 1.807) is 0 Å². The summed E-state index contributed by atoms with van der Waals surface area (Å²) in [7, 11) is 0. The molecular weight excluding hydrogens is 182 g/mol. The molecular formula is C14H30N+. The number of likely N-dealkylation sites (tertiary alicyclic amines) is 1. The fraction of sp³-hybridized carbons (Fsp3) is 1.00. The van der Waals surface area contributed by atoms with Crippen molar-refractivity contribution in [1.29, 1.82) is 0 Å². The first kappa shape index (κ1) is 13.0. The summed E-state index contributed by atoms with van der Waals surface area (Å²) >= 11 is 0. The number of quaternary nitrogens is 1. The van der Waals surface area contributed by atoms with Crippen molar-refractivity contribution in [2.24, 2.45) is 0 Å². The summed E-state index contributed by atoms with van der Waals surface area (Å²) in [6.45, 7) is 11.5. The van der Waals surface area contributed by atoms with Gasteiger partial charge in [0.05, 0.1) is 25.7 Å². The second-order valence-corrected chi connectivity index (χ2v) is 5.27. The summed E-state index contributed by atoms with van der Waals surface area (Å²) in [5.74, 6) is 0. The minimum absolute atomic E-state index is 0.942. The predicted octanol–water partition coefficient (Wildman–Crippen LogP) is 3.98. The standard InChI is InChI=1S/C14H30N/c1-4-7-11-15(14(5-2)6-3)12-9-8-10-13-15/h14H,4-13H2,1-3H3/q+1. The molecule has 0 aromatic carbocycles. The molecule has 0 bridgehead atoms.